The van der Waals surface area contributed by atoms with Crippen molar-refractivity contribution in [3.8, 4) is 5.75 Å². The summed E-state index contributed by atoms with van der Waals surface area (Å²) >= 11 is 1.54. The lowest BCUT2D eigenvalue weighted by molar-refractivity contribution is 0.401. The molecule has 0 spiro atoms. The Labute approximate surface area is 112 Å². The van der Waals surface area contributed by atoms with E-state index in [1.807, 2.05) is 0 Å². The number of hydrogen-bond donors (Lipinski definition) is 1. The van der Waals surface area contributed by atoms with Crippen LogP contribution in [0.5, 0.6) is 5.75 Å². The van der Waals surface area contributed by atoms with Gasteiger partial charge in [-0.15, -0.1) is 0 Å². The number of methoxy groups -OCH3 is 1. The minimum atomic E-state index is 0.390. The number of thiazole rings is 1. The van der Waals surface area contributed by atoms with E-state index in [2.05, 4.69) is 38.7 Å². The highest BCUT2D eigenvalue weighted by atomic mass is 32.1. The summed E-state index contributed by atoms with van der Waals surface area (Å²) < 4.78 is 6.81. The Kier molecular flexibility index (Phi) is 3.48. The third-order valence-electron chi connectivity index (χ3n) is 3.12. The van der Waals surface area contributed by atoms with Gasteiger partial charge in [0, 0.05) is 5.56 Å². The molecule has 2 aromatic rings. The minimum absolute atomic E-state index is 0.390. The molecule has 0 aliphatic heterocycles. The zero-order chi connectivity index (χ0) is 13.4. The smallest absolute Gasteiger partial charge is 0.181 e. The molecule has 2 N–H and O–H groups in total. The van der Waals surface area contributed by atoms with Gasteiger partial charge in [-0.3, -0.25) is 0 Å². The van der Waals surface area contributed by atoms with Crippen LogP contribution in [0.1, 0.15) is 50.7 Å². The maximum absolute atomic E-state index is 5.84. The third-order valence-corrected chi connectivity index (χ3v) is 4.05. The summed E-state index contributed by atoms with van der Waals surface area (Å²) in [4.78, 5) is 4.42. The summed E-state index contributed by atoms with van der Waals surface area (Å²) in [6, 6.07) is 2.11. The van der Waals surface area contributed by atoms with Crippen LogP contribution in [0.25, 0.3) is 10.2 Å². The minimum Gasteiger partial charge on any atom is -0.496 e. The van der Waals surface area contributed by atoms with Gasteiger partial charge in [0.05, 0.1) is 17.3 Å². The Morgan fingerprint density at radius 1 is 1.22 bits per heavy atom. The first-order valence-electron chi connectivity index (χ1n) is 6.22. The van der Waals surface area contributed by atoms with Crippen molar-refractivity contribution in [2.45, 2.75) is 39.5 Å². The van der Waals surface area contributed by atoms with Crippen LogP contribution in [0.15, 0.2) is 6.07 Å². The first-order chi connectivity index (χ1) is 8.45. The van der Waals surface area contributed by atoms with E-state index < -0.39 is 0 Å². The van der Waals surface area contributed by atoms with Crippen LogP contribution < -0.4 is 10.5 Å². The van der Waals surface area contributed by atoms with Gasteiger partial charge in [0.2, 0.25) is 0 Å². The predicted molar refractivity (Wildman–Crippen MR) is 78.8 cm³/mol. The molecule has 0 bridgehead atoms. The van der Waals surface area contributed by atoms with Crippen molar-refractivity contribution in [3.63, 3.8) is 0 Å². The molecule has 3 nitrogen and oxygen atoms in total. The van der Waals surface area contributed by atoms with Crippen LogP contribution in [0, 0.1) is 0 Å². The van der Waals surface area contributed by atoms with E-state index in [9.17, 15) is 0 Å². The number of nitrogens with two attached hydrogens (primary N) is 1. The zero-order valence-electron chi connectivity index (χ0n) is 11.6. The van der Waals surface area contributed by atoms with Crippen LogP contribution in [0.2, 0.25) is 0 Å². The predicted octanol–water partition coefficient (Wildman–Crippen LogP) is 4.13. The Hall–Kier alpha value is -1.29. The van der Waals surface area contributed by atoms with E-state index in [0.29, 0.717) is 17.0 Å². The SMILES string of the molecule is COc1c(C(C)C)cc2nc(N)sc2c1C(C)C. The fraction of sp³-hybridized carbons (Fsp3) is 0.500. The Morgan fingerprint density at radius 2 is 1.89 bits per heavy atom. The van der Waals surface area contributed by atoms with Gasteiger partial charge in [-0.05, 0) is 23.5 Å². The summed E-state index contributed by atoms with van der Waals surface area (Å²) in [5.74, 6) is 1.79. The number of anilines is 1. The van der Waals surface area contributed by atoms with Gasteiger partial charge in [-0.1, -0.05) is 39.0 Å². The molecule has 1 aromatic carbocycles. The fourth-order valence-corrected chi connectivity index (χ4v) is 3.29. The molecule has 0 aliphatic rings. The number of nitrogens with zero attached hydrogens (tertiary/aromatic N) is 1. The highest BCUT2D eigenvalue weighted by Crippen LogP contribution is 2.42. The van der Waals surface area contributed by atoms with E-state index in [4.69, 9.17) is 10.5 Å². The summed E-state index contributed by atoms with van der Waals surface area (Å²) in [5, 5.41) is 0.620. The topological polar surface area (TPSA) is 48.1 Å². The highest BCUT2D eigenvalue weighted by Gasteiger charge is 2.20. The maximum atomic E-state index is 5.84. The van der Waals surface area contributed by atoms with Gasteiger partial charge < -0.3 is 10.5 Å². The highest BCUT2D eigenvalue weighted by molar-refractivity contribution is 7.22. The Morgan fingerprint density at radius 3 is 2.39 bits per heavy atom. The van der Waals surface area contributed by atoms with Crippen molar-refractivity contribution in [2.75, 3.05) is 12.8 Å². The summed E-state index contributed by atoms with van der Waals surface area (Å²) in [5.41, 5.74) is 9.27. The fourth-order valence-electron chi connectivity index (χ4n) is 2.29. The van der Waals surface area contributed by atoms with E-state index in [1.54, 1.807) is 18.4 Å². The van der Waals surface area contributed by atoms with E-state index in [0.717, 1.165) is 16.0 Å². The Balaban J connectivity index is 2.86. The van der Waals surface area contributed by atoms with Gasteiger partial charge in [0.15, 0.2) is 5.13 Å². The molecule has 0 saturated carbocycles. The zero-order valence-corrected chi connectivity index (χ0v) is 12.4. The van der Waals surface area contributed by atoms with Crippen LogP contribution in [-0.2, 0) is 0 Å². The lowest BCUT2D eigenvalue weighted by atomic mass is 9.93. The van der Waals surface area contributed by atoms with Crippen LogP contribution in [0.4, 0.5) is 5.13 Å². The average molecular weight is 264 g/mol. The third kappa shape index (κ3) is 2.05. The van der Waals surface area contributed by atoms with E-state index in [1.165, 1.54) is 11.1 Å². The normalized spacial score (nSPS) is 11.7. The van der Waals surface area contributed by atoms with Gasteiger partial charge in [-0.2, -0.15) is 0 Å². The maximum Gasteiger partial charge on any atom is 0.181 e. The van der Waals surface area contributed by atoms with Crippen molar-refractivity contribution in [1.82, 2.24) is 4.98 Å². The molecule has 0 amide bonds. The first kappa shape index (κ1) is 13.1. The number of benzene rings is 1. The average Bonchev–Trinajstić information content (AvgIpc) is 2.65. The second kappa shape index (κ2) is 4.76. The Bertz CT molecular complexity index is 573. The van der Waals surface area contributed by atoms with E-state index in [-0.39, 0.29) is 0 Å². The lowest BCUT2D eigenvalue weighted by Crippen LogP contribution is -2.01. The largest absolute Gasteiger partial charge is 0.496 e. The van der Waals surface area contributed by atoms with Crippen LogP contribution in [-0.4, -0.2) is 12.1 Å². The van der Waals surface area contributed by atoms with Gasteiger partial charge in [0.1, 0.15) is 5.75 Å². The van der Waals surface area contributed by atoms with Crippen molar-refractivity contribution in [2.24, 2.45) is 0 Å². The van der Waals surface area contributed by atoms with Crippen molar-refractivity contribution >= 4 is 26.7 Å². The monoisotopic (exact) mass is 264 g/mol. The molecular weight excluding hydrogens is 244 g/mol. The van der Waals surface area contributed by atoms with Crippen molar-refractivity contribution in [3.05, 3.63) is 17.2 Å². The molecule has 1 aromatic heterocycles. The molecular formula is C14H20N2OS. The summed E-state index contributed by atoms with van der Waals surface area (Å²) in [6.07, 6.45) is 0. The molecule has 98 valence electrons. The van der Waals surface area contributed by atoms with Gasteiger partial charge in [0.25, 0.3) is 0 Å². The summed E-state index contributed by atoms with van der Waals surface area (Å²) in [7, 11) is 1.74. The molecule has 1 heterocycles. The molecule has 0 atom stereocenters. The standard InChI is InChI=1S/C14H20N2OS/c1-7(2)9-6-10-13(18-14(15)16-10)11(8(3)4)12(9)17-5/h6-8H,1-5H3,(H2,15,16). The molecule has 0 unspecified atom stereocenters. The molecule has 0 saturated heterocycles. The lowest BCUT2D eigenvalue weighted by Gasteiger charge is -2.18. The number of nitrogen functional groups attached to an aromatic ring is 1. The number of hydrogen-bond acceptors (Lipinski definition) is 4. The number of ether oxygens (including phenoxy) is 1. The number of aromatic nitrogens is 1. The second-order valence-corrected chi connectivity index (χ2v) is 6.15. The van der Waals surface area contributed by atoms with Crippen LogP contribution in [0.3, 0.4) is 0 Å². The number of rotatable bonds is 3. The van der Waals surface area contributed by atoms with Crippen molar-refractivity contribution < 1.29 is 4.74 Å². The van der Waals surface area contributed by atoms with Crippen LogP contribution >= 0.6 is 11.3 Å². The second-order valence-electron chi connectivity index (χ2n) is 5.12. The van der Waals surface area contributed by atoms with Gasteiger partial charge in [-0.25, -0.2) is 4.98 Å². The molecule has 2 rings (SSSR count). The number of fused-ring (bicyclic) bond motifs is 1. The molecule has 0 fully saturated rings. The molecule has 0 aliphatic carbocycles. The first-order valence-corrected chi connectivity index (χ1v) is 7.04. The van der Waals surface area contributed by atoms with Crippen molar-refractivity contribution in [1.29, 1.82) is 0 Å². The molecule has 4 heteroatoms. The quantitative estimate of drug-likeness (QED) is 0.906. The summed E-state index contributed by atoms with van der Waals surface area (Å²) in [6.45, 7) is 8.70. The molecule has 0 radical (unpaired) electrons. The molecule has 18 heavy (non-hydrogen) atoms. The van der Waals surface area contributed by atoms with Gasteiger partial charge >= 0.3 is 0 Å². The van der Waals surface area contributed by atoms with E-state index >= 15 is 0 Å².